The van der Waals surface area contributed by atoms with Crippen molar-refractivity contribution in [2.75, 3.05) is 33.0 Å². The summed E-state index contributed by atoms with van der Waals surface area (Å²) in [7, 11) is -3.44. The molecular weight excluding hydrogens is 384 g/mol. The number of nitrogens with zero attached hydrogens (tertiary/aromatic N) is 2. The van der Waals surface area contributed by atoms with Gasteiger partial charge in [-0.25, -0.2) is 8.42 Å². The summed E-state index contributed by atoms with van der Waals surface area (Å²) < 4.78 is 38.3. The molecule has 0 atom stereocenters. The van der Waals surface area contributed by atoms with Crippen molar-refractivity contribution < 1.29 is 17.9 Å². The molecule has 1 aromatic carbocycles. The van der Waals surface area contributed by atoms with Crippen molar-refractivity contribution in [3.05, 3.63) is 40.2 Å². The van der Waals surface area contributed by atoms with Crippen LogP contribution in [0.3, 0.4) is 0 Å². The molecule has 1 saturated heterocycles. The number of ether oxygens (including phenoxy) is 2. The number of sulfonamides is 1. The first-order chi connectivity index (χ1) is 12.0. The molecule has 4 rings (SSSR count). The summed E-state index contributed by atoms with van der Waals surface area (Å²) in [5, 5.41) is 0. The average Bonchev–Trinajstić information content (AvgIpc) is 3.24. The molecule has 0 aliphatic carbocycles. The Balaban J connectivity index is 1.38. The normalized spacial score (nSPS) is 18.6. The van der Waals surface area contributed by atoms with Crippen LogP contribution in [0.25, 0.3) is 0 Å². The largest absolute Gasteiger partial charge is 0.454 e. The third kappa shape index (κ3) is 3.50. The zero-order valence-corrected chi connectivity index (χ0v) is 15.7. The first kappa shape index (κ1) is 17.1. The number of benzene rings is 1. The molecule has 25 heavy (non-hydrogen) atoms. The average molecular weight is 401 g/mol. The molecule has 2 aliphatic rings. The Morgan fingerprint density at radius 3 is 2.52 bits per heavy atom. The fraction of sp³-hybridized carbons (Fsp3) is 0.375. The number of rotatable bonds is 4. The molecule has 6 nitrogen and oxygen atoms in total. The highest BCUT2D eigenvalue weighted by molar-refractivity contribution is 7.91. The van der Waals surface area contributed by atoms with Crippen LogP contribution in [-0.2, 0) is 16.6 Å². The molecule has 0 radical (unpaired) electrons. The third-order valence-electron chi connectivity index (χ3n) is 4.32. The van der Waals surface area contributed by atoms with E-state index < -0.39 is 10.0 Å². The van der Waals surface area contributed by atoms with E-state index in [-0.39, 0.29) is 6.79 Å². The highest BCUT2D eigenvalue weighted by Crippen LogP contribution is 2.33. The van der Waals surface area contributed by atoms with Gasteiger partial charge < -0.3 is 9.47 Å². The second kappa shape index (κ2) is 6.77. The molecule has 3 heterocycles. The lowest BCUT2D eigenvalue weighted by Gasteiger charge is -2.33. The second-order valence-corrected chi connectivity index (χ2v) is 9.81. The van der Waals surface area contributed by atoms with E-state index in [0.717, 1.165) is 34.9 Å². The molecule has 0 amide bonds. The van der Waals surface area contributed by atoms with Crippen molar-refractivity contribution in [3.63, 3.8) is 0 Å². The fourth-order valence-corrected chi connectivity index (χ4v) is 6.05. The van der Waals surface area contributed by atoms with Crippen molar-refractivity contribution in [1.82, 2.24) is 9.21 Å². The van der Waals surface area contributed by atoms with E-state index in [2.05, 4.69) is 4.90 Å². The molecule has 9 heteroatoms. The summed E-state index contributed by atoms with van der Waals surface area (Å²) >= 11 is 6.97. The summed E-state index contributed by atoms with van der Waals surface area (Å²) in [6, 6.07) is 9.11. The quantitative estimate of drug-likeness (QED) is 0.789. The van der Waals surface area contributed by atoms with E-state index in [4.69, 9.17) is 21.1 Å². The summed E-state index contributed by atoms with van der Waals surface area (Å²) in [4.78, 5) is 2.24. The van der Waals surface area contributed by atoms with Gasteiger partial charge in [0.05, 0.1) is 4.34 Å². The first-order valence-corrected chi connectivity index (χ1v) is 10.5. The maximum Gasteiger partial charge on any atom is 0.252 e. The Hall–Kier alpha value is -1.32. The first-order valence-electron chi connectivity index (χ1n) is 7.89. The predicted molar refractivity (Wildman–Crippen MR) is 95.9 cm³/mol. The number of halogens is 1. The minimum absolute atomic E-state index is 0.266. The lowest BCUT2D eigenvalue weighted by Crippen LogP contribution is -2.48. The van der Waals surface area contributed by atoms with Crippen molar-refractivity contribution in [3.8, 4) is 11.5 Å². The van der Waals surface area contributed by atoms with E-state index in [1.807, 2.05) is 18.2 Å². The van der Waals surface area contributed by atoms with Crippen LogP contribution in [0.5, 0.6) is 11.5 Å². The molecular formula is C16H17ClN2O4S2. The number of hydrogen-bond donors (Lipinski definition) is 0. The monoisotopic (exact) mass is 400 g/mol. The standard InChI is InChI=1S/C16H17ClN2O4S2/c17-15-3-4-16(24-15)25(20,21)19-7-5-18(6-8-19)10-12-1-2-13-14(9-12)23-11-22-13/h1-4,9H,5-8,10-11H2. The van der Waals surface area contributed by atoms with Gasteiger partial charge in [0.25, 0.3) is 10.0 Å². The Bertz CT molecular complexity index is 876. The fourth-order valence-electron chi connectivity index (χ4n) is 2.99. The smallest absolute Gasteiger partial charge is 0.252 e. The Morgan fingerprint density at radius 2 is 1.80 bits per heavy atom. The lowest BCUT2D eigenvalue weighted by atomic mass is 10.2. The van der Waals surface area contributed by atoms with Crippen LogP contribution in [0.15, 0.2) is 34.5 Å². The maximum absolute atomic E-state index is 12.6. The SMILES string of the molecule is O=S(=O)(c1ccc(Cl)s1)N1CCN(Cc2ccc3c(c2)OCO3)CC1. The minimum atomic E-state index is -3.44. The zero-order chi connectivity index (χ0) is 17.4. The van der Waals surface area contributed by atoms with E-state index in [9.17, 15) is 8.42 Å². The Labute approximate surface area is 155 Å². The van der Waals surface area contributed by atoms with Crippen LogP contribution in [0.1, 0.15) is 5.56 Å². The van der Waals surface area contributed by atoms with E-state index in [1.54, 1.807) is 12.1 Å². The molecule has 1 aromatic heterocycles. The van der Waals surface area contributed by atoms with Gasteiger partial charge in [-0.15, -0.1) is 11.3 Å². The van der Waals surface area contributed by atoms with Gasteiger partial charge in [0.1, 0.15) is 4.21 Å². The summed E-state index contributed by atoms with van der Waals surface area (Å²) in [5.41, 5.74) is 1.13. The van der Waals surface area contributed by atoms with Gasteiger partial charge in [0.15, 0.2) is 11.5 Å². The Morgan fingerprint density at radius 1 is 1.04 bits per heavy atom. The summed E-state index contributed by atoms with van der Waals surface area (Å²) in [6.45, 7) is 3.35. The third-order valence-corrected chi connectivity index (χ3v) is 7.91. The van der Waals surface area contributed by atoms with Crippen LogP contribution in [0.2, 0.25) is 4.34 Å². The number of piperazine rings is 1. The van der Waals surface area contributed by atoms with Gasteiger partial charge in [-0.05, 0) is 29.8 Å². The van der Waals surface area contributed by atoms with Crippen LogP contribution in [0.4, 0.5) is 0 Å². The van der Waals surface area contributed by atoms with Gasteiger partial charge in [-0.3, -0.25) is 4.90 Å². The van der Waals surface area contributed by atoms with Crippen LogP contribution in [0, 0.1) is 0 Å². The molecule has 0 saturated carbocycles. The minimum Gasteiger partial charge on any atom is -0.454 e. The topological polar surface area (TPSA) is 59.1 Å². The number of hydrogen-bond acceptors (Lipinski definition) is 6. The molecule has 2 aromatic rings. The van der Waals surface area contributed by atoms with E-state index >= 15 is 0 Å². The molecule has 2 aliphatic heterocycles. The number of fused-ring (bicyclic) bond motifs is 1. The molecule has 1 fully saturated rings. The van der Waals surface area contributed by atoms with Gasteiger partial charge in [0, 0.05) is 32.7 Å². The summed E-state index contributed by atoms with van der Waals surface area (Å²) in [6.07, 6.45) is 0. The van der Waals surface area contributed by atoms with Crippen LogP contribution >= 0.6 is 22.9 Å². The summed E-state index contributed by atoms with van der Waals surface area (Å²) in [5.74, 6) is 1.54. The molecule has 0 spiro atoms. The van der Waals surface area contributed by atoms with Gasteiger partial charge >= 0.3 is 0 Å². The molecule has 0 unspecified atom stereocenters. The Kier molecular flexibility index (Phi) is 4.63. The van der Waals surface area contributed by atoms with Crippen molar-refractivity contribution in [1.29, 1.82) is 0 Å². The predicted octanol–water partition coefficient (Wildman–Crippen LogP) is 2.64. The molecule has 0 N–H and O–H groups in total. The number of thiophene rings is 1. The van der Waals surface area contributed by atoms with Gasteiger partial charge in [-0.2, -0.15) is 4.31 Å². The van der Waals surface area contributed by atoms with Crippen molar-refractivity contribution in [2.45, 2.75) is 10.8 Å². The van der Waals surface area contributed by atoms with Crippen LogP contribution < -0.4 is 9.47 Å². The second-order valence-electron chi connectivity index (χ2n) is 5.93. The molecule has 134 valence electrons. The van der Waals surface area contributed by atoms with Crippen LogP contribution in [-0.4, -0.2) is 50.6 Å². The highest BCUT2D eigenvalue weighted by Gasteiger charge is 2.29. The van der Waals surface area contributed by atoms with E-state index in [1.165, 1.54) is 4.31 Å². The zero-order valence-electron chi connectivity index (χ0n) is 13.4. The van der Waals surface area contributed by atoms with Crippen molar-refractivity contribution in [2.24, 2.45) is 0 Å². The van der Waals surface area contributed by atoms with Gasteiger partial charge in [-0.1, -0.05) is 17.7 Å². The van der Waals surface area contributed by atoms with Gasteiger partial charge in [0.2, 0.25) is 6.79 Å². The highest BCUT2D eigenvalue weighted by atomic mass is 35.5. The molecule has 0 bridgehead atoms. The lowest BCUT2D eigenvalue weighted by molar-refractivity contribution is 0.173. The maximum atomic E-state index is 12.6. The van der Waals surface area contributed by atoms with Crippen molar-refractivity contribution >= 4 is 33.0 Å². The van der Waals surface area contributed by atoms with E-state index in [0.29, 0.717) is 34.7 Å².